The first-order valence-corrected chi connectivity index (χ1v) is 6.26. The predicted molar refractivity (Wildman–Crippen MR) is 75.0 cm³/mol. The number of H-pyrrole nitrogens is 1. The fourth-order valence-electron chi connectivity index (χ4n) is 2.70. The number of hydrogen-bond acceptors (Lipinski definition) is 3. The summed E-state index contributed by atoms with van der Waals surface area (Å²) in [5, 5.41) is 4.15. The molecule has 0 aliphatic carbocycles. The van der Waals surface area contributed by atoms with Gasteiger partial charge in [-0.3, -0.25) is 4.79 Å². The molecular formula is C15H16N2O2. The zero-order valence-corrected chi connectivity index (χ0v) is 11.0. The van der Waals surface area contributed by atoms with E-state index in [4.69, 9.17) is 4.74 Å². The molecule has 1 atom stereocenters. The molecule has 98 valence electrons. The number of ether oxygens (including phenoxy) is 1. The summed E-state index contributed by atoms with van der Waals surface area (Å²) in [6.45, 7) is 6.40. The highest BCUT2D eigenvalue weighted by Crippen LogP contribution is 2.33. The summed E-state index contributed by atoms with van der Waals surface area (Å²) in [6.07, 6.45) is 0. The van der Waals surface area contributed by atoms with E-state index in [1.165, 1.54) is 0 Å². The Morgan fingerprint density at radius 2 is 2.21 bits per heavy atom. The maximum atomic E-state index is 12.2. The van der Waals surface area contributed by atoms with E-state index in [9.17, 15) is 4.79 Å². The summed E-state index contributed by atoms with van der Waals surface area (Å²) < 4.78 is 5.23. The van der Waals surface area contributed by atoms with Gasteiger partial charge in [0.1, 0.15) is 0 Å². The lowest BCUT2D eigenvalue weighted by molar-refractivity contribution is 0.0949. The number of benzene rings is 1. The van der Waals surface area contributed by atoms with Gasteiger partial charge in [-0.2, -0.15) is 0 Å². The number of fused-ring (bicyclic) bond motifs is 3. The van der Waals surface area contributed by atoms with E-state index in [2.05, 4.69) is 16.9 Å². The fraction of sp³-hybridized carbons (Fsp3) is 0.267. The zero-order chi connectivity index (χ0) is 13.6. The van der Waals surface area contributed by atoms with Crippen LogP contribution in [0.3, 0.4) is 0 Å². The van der Waals surface area contributed by atoms with E-state index < -0.39 is 0 Å². The average molecular weight is 256 g/mol. The molecule has 0 spiro atoms. The number of hydrogen-bond donors (Lipinski definition) is 2. The Bertz CT molecular complexity index is 685. The van der Waals surface area contributed by atoms with Crippen LogP contribution in [-0.2, 0) is 11.3 Å². The summed E-state index contributed by atoms with van der Waals surface area (Å²) in [7, 11) is 1.66. The van der Waals surface area contributed by atoms with Crippen molar-refractivity contribution in [3.8, 4) is 0 Å². The number of Topliss-reactive ketones (excluding diaryl/α,β-unsaturated/α-hetero) is 1. The molecule has 3 rings (SSSR count). The summed E-state index contributed by atoms with van der Waals surface area (Å²) in [4.78, 5) is 15.5. The van der Waals surface area contributed by atoms with Crippen LogP contribution in [0.4, 0.5) is 0 Å². The van der Waals surface area contributed by atoms with Gasteiger partial charge in [0.25, 0.3) is 0 Å². The molecule has 1 aromatic heterocycles. The van der Waals surface area contributed by atoms with E-state index in [0.29, 0.717) is 12.3 Å². The van der Waals surface area contributed by atoms with Gasteiger partial charge in [-0.05, 0) is 18.6 Å². The number of aromatic nitrogens is 1. The van der Waals surface area contributed by atoms with Gasteiger partial charge >= 0.3 is 0 Å². The minimum absolute atomic E-state index is 0.0713. The van der Waals surface area contributed by atoms with Crippen molar-refractivity contribution in [3.63, 3.8) is 0 Å². The van der Waals surface area contributed by atoms with Crippen molar-refractivity contribution < 1.29 is 9.53 Å². The van der Waals surface area contributed by atoms with Crippen molar-refractivity contribution in [3.05, 3.63) is 41.6 Å². The van der Waals surface area contributed by atoms with E-state index in [1.807, 2.05) is 25.1 Å². The summed E-state index contributed by atoms with van der Waals surface area (Å²) in [5.41, 5.74) is 4.32. The van der Waals surface area contributed by atoms with Crippen molar-refractivity contribution in [1.29, 1.82) is 0 Å². The van der Waals surface area contributed by atoms with Gasteiger partial charge in [0, 0.05) is 29.3 Å². The third-order valence-corrected chi connectivity index (χ3v) is 3.54. The molecule has 1 unspecified atom stereocenters. The van der Waals surface area contributed by atoms with Gasteiger partial charge in [0.2, 0.25) is 5.78 Å². The molecule has 2 aromatic rings. The summed E-state index contributed by atoms with van der Waals surface area (Å²) in [5.74, 6) is 0.0713. The third kappa shape index (κ3) is 1.68. The molecule has 4 nitrogen and oxygen atoms in total. The van der Waals surface area contributed by atoms with Crippen LogP contribution in [0.1, 0.15) is 28.5 Å². The number of nitrogens with one attached hydrogen (secondary N) is 2. The van der Waals surface area contributed by atoms with E-state index in [1.54, 1.807) is 7.11 Å². The van der Waals surface area contributed by atoms with Crippen LogP contribution in [0, 0.1) is 0 Å². The Kier molecular flexibility index (Phi) is 2.68. The highest BCUT2D eigenvalue weighted by atomic mass is 16.5. The van der Waals surface area contributed by atoms with Crippen LogP contribution in [0.15, 0.2) is 24.8 Å². The Hall–Kier alpha value is -2.07. The average Bonchev–Trinajstić information content (AvgIpc) is 2.77. The van der Waals surface area contributed by atoms with Gasteiger partial charge in [0.15, 0.2) is 0 Å². The van der Waals surface area contributed by atoms with Crippen LogP contribution in [0.2, 0.25) is 0 Å². The number of ketones is 1. The van der Waals surface area contributed by atoms with E-state index >= 15 is 0 Å². The Morgan fingerprint density at radius 1 is 1.42 bits per heavy atom. The quantitative estimate of drug-likeness (QED) is 0.867. The van der Waals surface area contributed by atoms with Crippen LogP contribution < -0.4 is 5.32 Å². The molecule has 2 heterocycles. The highest BCUT2D eigenvalue weighted by Gasteiger charge is 2.30. The predicted octanol–water partition coefficient (Wildman–Crippen LogP) is 2.46. The smallest absolute Gasteiger partial charge is 0.201 e. The van der Waals surface area contributed by atoms with E-state index in [-0.39, 0.29) is 11.8 Å². The Balaban J connectivity index is 2.33. The first-order chi connectivity index (χ1) is 9.13. The number of carbonyl (C=O) groups excluding carboxylic acids is 1. The molecule has 0 saturated carbocycles. The third-order valence-electron chi connectivity index (χ3n) is 3.54. The SMILES string of the molecule is C=C1NC(C)C(=O)c2[nH]c3cccc(COC)c3c21. The van der Waals surface area contributed by atoms with Crippen LogP contribution in [0.25, 0.3) is 16.6 Å². The van der Waals surface area contributed by atoms with Crippen molar-refractivity contribution >= 4 is 22.4 Å². The minimum atomic E-state index is -0.237. The molecule has 1 aliphatic rings. The van der Waals surface area contributed by atoms with Gasteiger partial charge in [-0.15, -0.1) is 0 Å². The number of rotatable bonds is 2. The lowest BCUT2D eigenvalue weighted by atomic mass is 9.96. The molecular weight excluding hydrogens is 240 g/mol. The molecule has 1 aliphatic heterocycles. The van der Waals surface area contributed by atoms with Gasteiger partial charge < -0.3 is 15.0 Å². The normalized spacial score (nSPS) is 18.5. The topological polar surface area (TPSA) is 54.1 Å². The van der Waals surface area contributed by atoms with Crippen molar-refractivity contribution in [2.75, 3.05) is 7.11 Å². The zero-order valence-electron chi connectivity index (χ0n) is 11.0. The maximum absolute atomic E-state index is 12.2. The van der Waals surface area contributed by atoms with Gasteiger partial charge in [-0.1, -0.05) is 18.7 Å². The number of aromatic amines is 1. The second-order valence-corrected chi connectivity index (χ2v) is 4.86. The van der Waals surface area contributed by atoms with Crippen molar-refractivity contribution in [2.45, 2.75) is 19.6 Å². The Morgan fingerprint density at radius 3 is 2.95 bits per heavy atom. The molecule has 2 N–H and O–H groups in total. The van der Waals surface area contributed by atoms with Crippen molar-refractivity contribution in [1.82, 2.24) is 10.3 Å². The van der Waals surface area contributed by atoms with Crippen LogP contribution in [-0.4, -0.2) is 23.9 Å². The second-order valence-electron chi connectivity index (χ2n) is 4.86. The molecule has 0 fully saturated rings. The first-order valence-electron chi connectivity index (χ1n) is 6.26. The minimum Gasteiger partial charge on any atom is -0.380 e. The molecule has 0 saturated heterocycles. The van der Waals surface area contributed by atoms with Gasteiger partial charge in [0.05, 0.1) is 18.3 Å². The van der Waals surface area contributed by atoms with Crippen molar-refractivity contribution in [2.24, 2.45) is 0 Å². The number of carbonyl (C=O) groups is 1. The highest BCUT2D eigenvalue weighted by molar-refractivity contribution is 6.12. The molecule has 4 heteroatoms. The lowest BCUT2D eigenvalue weighted by Crippen LogP contribution is -2.37. The Labute approximate surface area is 111 Å². The van der Waals surface area contributed by atoms with E-state index in [0.717, 1.165) is 27.7 Å². The second kappa shape index (κ2) is 4.24. The first kappa shape index (κ1) is 12.0. The van der Waals surface area contributed by atoms with Crippen LogP contribution in [0.5, 0.6) is 0 Å². The maximum Gasteiger partial charge on any atom is 0.201 e. The molecule has 0 bridgehead atoms. The molecule has 1 aromatic carbocycles. The summed E-state index contributed by atoms with van der Waals surface area (Å²) >= 11 is 0. The van der Waals surface area contributed by atoms with Gasteiger partial charge in [-0.25, -0.2) is 0 Å². The summed E-state index contributed by atoms with van der Waals surface area (Å²) in [6, 6.07) is 5.70. The standard InChI is InChI=1S/C15H16N2O2/c1-8-12-13-10(7-19-3)5-4-6-11(13)17-14(12)15(18)9(2)16-8/h4-6,9,16-17H,1,7H2,2-3H3. The number of methoxy groups -OCH3 is 1. The van der Waals surface area contributed by atoms with Crippen LogP contribution >= 0.6 is 0 Å². The lowest BCUT2D eigenvalue weighted by Gasteiger charge is -2.22. The largest absolute Gasteiger partial charge is 0.380 e. The molecule has 0 amide bonds. The monoisotopic (exact) mass is 256 g/mol. The molecule has 0 radical (unpaired) electrons. The fourth-order valence-corrected chi connectivity index (χ4v) is 2.70. The molecule has 19 heavy (non-hydrogen) atoms.